The van der Waals surface area contributed by atoms with Crippen LogP contribution in [0, 0.1) is 11.8 Å². The number of carbonyl (C=O) groups is 1. The summed E-state index contributed by atoms with van der Waals surface area (Å²) in [7, 11) is 0. The van der Waals surface area contributed by atoms with Crippen molar-refractivity contribution in [2.45, 2.75) is 0 Å². The Morgan fingerprint density at radius 1 is 1.44 bits per heavy atom. The van der Waals surface area contributed by atoms with Crippen LogP contribution in [0.3, 0.4) is 0 Å². The average Bonchev–Trinajstić information content (AvgIpc) is 2.91. The van der Waals surface area contributed by atoms with Crippen LogP contribution in [0.2, 0.25) is 0 Å². The Morgan fingerprint density at radius 2 is 2.33 bits per heavy atom. The van der Waals surface area contributed by atoms with E-state index in [4.69, 9.17) is 9.63 Å². The van der Waals surface area contributed by atoms with Crippen LogP contribution in [0.5, 0.6) is 0 Å². The molecule has 0 saturated carbocycles. The lowest BCUT2D eigenvalue weighted by Crippen LogP contribution is -2.12. The highest BCUT2D eigenvalue weighted by atomic mass is 16.5. The van der Waals surface area contributed by atoms with E-state index in [2.05, 4.69) is 27.3 Å². The summed E-state index contributed by atoms with van der Waals surface area (Å²) in [6.45, 7) is -0.240. The third-order valence-corrected chi connectivity index (χ3v) is 1.95. The first-order chi connectivity index (χ1) is 8.79. The van der Waals surface area contributed by atoms with E-state index >= 15 is 0 Å². The lowest BCUT2D eigenvalue weighted by atomic mass is 10.3. The zero-order valence-electron chi connectivity index (χ0n) is 9.25. The molecule has 0 aliphatic heterocycles. The van der Waals surface area contributed by atoms with Gasteiger partial charge < -0.3 is 14.9 Å². The van der Waals surface area contributed by atoms with Crippen LogP contribution >= 0.6 is 0 Å². The lowest BCUT2D eigenvalue weighted by Gasteiger charge is -2.01. The molecule has 2 N–H and O–H groups in total. The van der Waals surface area contributed by atoms with Gasteiger partial charge in [-0.3, -0.25) is 4.79 Å². The average molecular weight is 243 g/mol. The number of nitrogens with zero attached hydrogens (tertiary/aromatic N) is 2. The fraction of sp³-hybridized carbons (Fsp3) is 0.0833. The number of nitrogens with one attached hydrogen (secondary N) is 1. The van der Waals surface area contributed by atoms with Crippen LogP contribution in [0.4, 0.5) is 5.82 Å². The molecule has 2 heterocycles. The van der Waals surface area contributed by atoms with E-state index in [1.807, 2.05) is 0 Å². The third kappa shape index (κ3) is 2.93. The summed E-state index contributed by atoms with van der Waals surface area (Å²) in [6.07, 6.45) is 1.38. The van der Waals surface area contributed by atoms with Gasteiger partial charge in [0.2, 0.25) is 5.76 Å². The molecule has 18 heavy (non-hydrogen) atoms. The van der Waals surface area contributed by atoms with Gasteiger partial charge in [0, 0.05) is 6.07 Å². The number of hydrogen-bond donors (Lipinski definition) is 2. The van der Waals surface area contributed by atoms with E-state index in [1.54, 1.807) is 18.2 Å². The highest BCUT2D eigenvalue weighted by molar-refractivity contribution is 6.01. The molecule has 6 nitrogen and oxygen atoms in total. The van der Waals surface area contributed by atoms with Crippen molar-refractivity contribution in [1.82, 2.24) is 10.1 Å². The molecule has 0 spiro atoms. The Bertz CT molecular complexity index is 597. The Hall–Kier alpha value is -2.65. The second-order valence-electron chi connectivity index (χ2n) is 3.20. The Kier molecular flexibility index (Phi) is 3.69. The van der Waals surface area contributed by atoms with E-state index in [9.17, 15) is 4.79 Å². The zero-order chi connectivity index (χ0) is 12.8. The van der Waals surface area contributed by atoms with Crippen molar-refractivity contribution in [1.29, 1.82) is 0 Å². The largest absolute Gasteiger partial charge is 0.384 e. The highest BCUT2D eigenvalue weighted by Gasteiger charge is 2.10. The van der Waals surface area contributed by atoms with E-state index in [0.717, 1.165) is 0 Å². The molecule has 2 rings (SSSR count). The van der Waals surface area contributed by atoms with Gasteiger partial charge in [0.1, 0.15) is 18.1 Å². The first-order valence-corrected chi connectivity index (χ1v) is 5.08. The molecule has 2 aromatic rings. The van der Waals surface area contributed by atoms with E-state index in [1.165, 1.54) is 12.3 Å². The van der Waals surface area contributed by atoms with E-state index in [0.29, 0.717) is 11.5 Å². The summed E-state index contributed by atoms with van der Waals surface area (Å²) in [5.41, 5.74) is 0.458. The predicted molar refractivity (Wildman–Crippen MR) is 62.7 cm³/mol. The first kappa shape index (κ1) is 11.8. The van der Waals surface area contributed by atoms with Gasteiger partial charge in [0.25, 0.3) is 5.91 Å². The van der Waals surface area contributed by atoms with Crippen LogP contribution in [0.1, 0.15) is 16.2 Å². The molecule has 0 atom stereocenters. The van der Waals surface area contributed by atoms with E-state index in [-0.39, 0.29) is 12.4 Å². The molecule has 6 heteroatoms. The summed E-state index contributed by atoms with van der Waals surface area (Å²) in [5.74, 6) is 5.13. The molecule has 0 aromatic carbocycles. The number of anilines is 1. The monoisotopic (exact) mass is 243 g/mol. The quantitative estimate of drug-likeness (QED) is 0.757. The second kappa shape index (κ2) is 5.61. The minimum atomic E-state index is -0.438. The van der Waals surface area contributed by atoms with Crippen LogP contribution < -0.4 is 5.32 Å². The van der Waals surface area contributed by atoms with Crippen LogP contribution in [-0.4, -0.2) is 27.8 Å². The second-order valence-corrected chi connectivity index (χ2v) is 3.20. The maximum absolute atomic E-state index is 11.6. The van der Waals surface area contributed by atoms with Crippen molar-refractivity contribution in [2.24, 2.45) is 0 Å². The minimum absolute atomic E-state index is 0.101. The summed E-state index contributed by atoms with van der Waals surface area (Å²) in [6, 6.07) is 6.44. The number of aliphatic hydroxyl groups is 1. The van der Waals surface area contributed by atoms with Crippen molar-refractivity contribution in [3.05, 3.63) is 41.9 Å². The van der Waals surface area contributed by atoms with Gasteiger partial charge in [0.15, 0.2) is 0 Å². The maximum atomic E-state index is 11.6. The molecule has 2 aromatic heterocycles. The highest BCUT2D eigenvalue weighted by Crippen LogP contribution is 2.06. The van der Waals surface area contributed by atoms with Gasteiger partial charge in [-0.05, 0) is 18.1 Å². The van der Waals surface area contributed by atoms with Gasteiger partial charge in [-0.15, -0.1) is 0 Å². The third-order valence-electron chi connectivity index (χ3n) is 1.95. The van der Waals surface area contributed by atoms with Crippen LogP contribution in [0.15, 0.2) is 35.0 Å². The summed E-state index contributed by atoms with van der Waals surface area (Å²) >= 11 is 0. The van der Waals surface area contributed by atoms with Crippen molar-refractivity contribution in [3.63, 3.8) is 0 Å². The number of rotatable bonds is 2. The zero-order valence-corrected chi connectivity index (χ0v) is 9.25. The molecular weight excluding hydrogens is 234 g/mol. The molecule has 0 aliphatic carbocycles. The topological polar surface area (TPSA) is 88.2 Å². The molecule has 0 saturated heterocycles. The summed E-state index contributed by atoms with van der Waals surface area (Å²) in [4.78, 5) is 15.7. The Labute approximate surface area is 103 Å². The predicted octanol–water partition coefficient (Wildman–Crippen LogP) is 0.666. The molecular formula is C12H9N3O3. The Morgan fingerprint density at radius 3 is 3.06 bits per heavy atom. The Balaban J connectivity index is 2.12. The molecule has 0 bridgehead atoms. The number of carbonyl (C=O) groups excluding carboxylic acids is 1. The molecule has 0 fully saturated rings. The first-order valence-electron chi connectivity index (χ1n) is 5.08. The van der Waals surface area contributed by atoms with E-state index < -0.39 is 5.91 Å². The number of amides is 1. The number of hydrogen-bond acceptors (Lipinski definition) is 5. The maximum Gasteiger partial charge on any atom is 0.295 e. The normalized spacial score (nSPS) is 9.39. The number of pyridine rings is 1. The van der Waals surface area contributed by atoms with Gasteiger partial charge in [-0.2, -0.15) is 0 Å². The number of aliphatic hydroxyl groups excluding tert-OH is 1. The molecule has 90 valence electrons. The number of aromatic nitrogens is 2. The molecule has 1 amide bonds. The van der Waals surface area contributed by atoms with Gasteiger partial charge in [0.05, 0.1) is 6.20 Å². The van der Waals surface area contributed by atoms with Crippen LogP contribution in [0.25, 0.3) is 0 Å². The lowest BCUT2D eigenvalue weighted by molar-refractivity contribution is 0.0987. The van der Waals surface area contributed by atoms with Crippen molar-refractivity contribution in [3.8, 4) is 11.8 Å². The fourth-order valence-corrected chi connectivity index (χ4v) is 1.21. The van der Waals surface area contributed by atoms with Gasteiger partial charge >= 0.3 is 0 Å². The van der Waals surface area contributed by atoms with Crippen LogP contribution in [-0.2, 0) is 0 Å². The smallest absolute Gasteiger partial charge is 0.295 e. The molecule has 0 radical (unpaired) electrons. The fourth-order valence-electron chi connectivity index (χ4n) is 1.21. The van der Waals surface area contributed by atoms with Gasteiger partial charge in [-0.1, -0.05) is 17.1 Å². The molecule has 0 unspecified atom stereocenters. The minimum Gasteiger partial charge on any atom is -0.384 e. The SMILES string of the molecule is O=C(Nc1cccc(C#CCO)n1)c1ccno1. The van der Waals surface area contributed by atoms with Crippen molar-refractivity contribution >= 4 is 11.7 Å². The summed E-state index contributed by atoms with van der Waals surface area (Å²) in [5, 5.41) is 14.6. The standard InChI is InChI=1S/C12H9N3O3/c16-8-2-4-9-3-1-5-11(14-9)15-12(17)10-6-7-13-18-10/h1,3,5-7,16H,8H2,(H,14,15,17). The van der Waals surface area contributed by atoms with Gasteiger partial charge in [-0.25, -0.2) is 4.98 Å². The molecule has 0 aliphatic rings. The van der Waals surface area contributed by atoms with Crippen molar-refractivity contribution < 1.29 is 14.4 Å². The van der Waals surface area contributed by atoms with Crippen molar-refractivity contribution in [2.75, 3.05) is 11.9 Å². The summed E-state index contributed by atoms with van der Waals surface area (Å²) < 4.78 is 4.71.